The van der Waals surface area contributed by atoms with Crippen molar-refractivity contribution in [1.29, 1.82) is 0 Å². The van der Waals surface area contributed by atoms with Gasteiger partial charge >= 0.3 is 16.1 Å². The zero-order chi connectivity index (χ0) is 18.9. The number of ether oxygens (including phenoxy) is 2. The first-order valence-corrected chi connectivity index (χ1v) is 10.6. The Morgan fingerprint density at radius 3 is 2.73 bits per heavy atom. The number of thiophene rings is 1. The number of aliphatic imine (C=N–C) groups is 1. The Morgan fingerprint density at radius 1 is 1.35 bits per heavy atom. The van der Waals surface area contributed by atoms with E-state index in [2.05, 4.69) is 20.9 Å². The molecule has 0 unspecified atom stereocenters. The first kappa shape index (κ1) is 18.6. The molecule has 2 aromatic rings. The molecule has 1 aromatic heterocycles. The maximum Gasteiger partial charge on any atom is 0.363 e. The van der Waals surface area contributed by atoms with Gasteiger partial charge in [0.1, 0.15) is 0 Å². The van der Waals surface area contributed by atoms with Crippen LogP contribution in [0.5, 0.6) is 11.5 Å². The van der Waals surface area contributed by atoms with E-state index in [0.29, 0.717) is 10.0 Å². The summed E-state index contributed by atoms with van der Waals surface area (Å²) >= 11 is 4.66. The number of nitrogens with zero attached hydrogens (tertiary/aromatic N) is 1. The average molecular weight is 458 g/mol. The van der Waals surface area contributed by atoms with E-state index in [0.717, 1.165) is 11.1 Å². The predicted molar refractivity (Wildman–Crippen MR) is 101 cm³/mol. The Labute approximate surface area is 162 Å². The average Bonchev–Trinajstić information content (AvgIpc) is 3.19. The fraction of sp³-hybridized carbons (Fsp3) is 0.125. The van der Waals surface area contributed by atoms with Crippen LogP contribution in [-0.2, 0) is 19.6 Å². The third-order valence-electron chi connectivity index (χ3n) is 3.14. The fourth-order valence-electron chi connectivity index (χ4n) is 2.13. The van der Waals surface area contributed by atoms with Crippen molar-refractivity contribution in [2.45, 2.75) is 0 Å². The number of hydrogen-bond donors (Lipinski definition) is 0. The highest BCUT2D eigenvalue weighted by molar-refractivity contribution is 9.10. The SMILES string of the molecule is COc1cc(/C=C2/N=C(c3cccs3)OC2=O)cc(Br)c1OS(C)(=O)=O. The number of methoxy groups -OCH3 is 1. The second-order valence-electron chi connectivity index (χ2n) is 5.13. The Kier molecular flexibility index (Phi) is 5.17. The number of hydrogen-bond acceptors (Lipinski definition) is 8. The molecule has 3 rings (SSSR count). The molecule has 7 nitrogen and oxygen atoms in total. The summed E-state index contributed by atoms with van der Waals surface area (Å²) in [7, 11) is -2.35. The van der Waals surface area contributed by atoms with Crippen LogP contribution in [0.4, 0.5) is 0 Å². The van der Waals surface area contributed by atoms with Crippen molar-refractivity contribution < 1.29 is 26.9 Å². The third kappa shape index (κ3) is 4.14. The Balaban J connectivity index is 1.98. The maximum absolute atomic E-state index is 12.0. The minimum atomic E-state index is -3.73. The number of rotatable bonds is 5. The Morgan fingerprint density at radius 2 is 2.12 bits per heavy atom. The lowest BCUT2D eigenvalue weighted by Gasteiger charge is -2.11. The van der Waals surface area contributed by atoms with Gasteiger partial charge in [-0.3, -0.25) is 0 Å². The van der Waals surface area contributed by atoms with Gasteiger partial charge in [-0.25, -0.2) is 9.79 Å². The van der Waals surface area contributed by atoms with Crippen LogP contribution in [0.1, 0.15) is 10.4 Å². The summed E-state index contributed by atoms with van der Waals surface area (Å²) in [6, 6.07) is 6.75. The lowest BCUT2D eigenvalue weighted by molar-refractivity contribution is -0.129. The van der Waals surface area contributed by atoms with Gasteiger partial charge in [0.25, 0.3) is 0 Å². The lowest BCUT2D eigenvalue weighted by atomic mass is 10.1. The molecule has 0 spiro atoms. The molecule has 0 N–H and O–H groups in total. The van der Waals surface area contributed by atoms with Crippen molar-refractivity contribution in [1.82, 2.24) is 0 Å². The van der Waals surface area contributed by atoms with Gasteiger partial charge in [0.05, 0.1) is 22.7 Å². The van der Waals surface area contributed by atoms with Crippen LogP contribution in [0.3, 0.4) is 0 Å². The highest BCUT2D eigenvalue weighted by atomic mass is 79.9. The van der Waals surface area contributed by atoms with Gasteiger partial charge in [-0.1, -0.05) is 6.07 Å². The van der Waals surface area contributed by atoms with Crippen LogP contribution in [0.2, 0.25) is 0 Å². The first-order valence-electron chi connectivity index (χ1n) is 7.10. The van der Waals surface area contributed by atoms with Crippen molar-refractivity contribution >= 4 is 55.3 Å². The monoisotopic (exact) mass is 457 g/mol. The molecule has 1 aliphatic rings. The maximum atomic E-state index is 12.0. The fourth-order valence-corrected chi connectivity index (χ4v) is 3.90. The van der Waals surface area contributed by atoms with E-state index in [1.807, 2.05) is 11.4 Å². The standard InChI is InChI=1S/C16H12BrNO6S2/c1-22-12-8-9(6-10(17)14(12)24-26(2,20)21)7-11-16(19)23-15(18-11)13-4-3-5-25-13/h3-8H,1-2H3/b11-7+. The molecule has 0 fully saturated rings. The summed E-state index contributed by atoms with van der Waals surface area (Å²) in [5, 5.41) is 1.86. The second kappa shape index (κ2) is 7.22. The zero-order valence-corrected chi connectivity index (χ0v) is 16.8. The molecule has 10 heteroatoms. The molecule has 0 amide bonds. The van der Waals surface area contributed by atoms with Gasteiger partial charge in [-0.05, 0) is 51.1 Å². The predicted octanol–water partition coefficient (Wildman–Crippen LogP) is 3.20. The number of carbonyl (C=O) groups is 1. The smallest absolute Gasteiger partial charge is 0.363 e. The molecule has 0 bridgehead atoms. The lowest BCUT2D eigenvalue weighted by Crippen LogP contribution is -2.07. The largest absolute Gasteiger partial charge is 0.493 e. The van der Waals surface area contributed by atoms with Gasteiger partial charge in [0.15, 0.2) is 17.2 Å². The second-order valence-corrected chi connectivity index (χ2v) is 8.51. The van der Waals surface area contributed by atoms with Crippen molar-refractivity contribution in [2.24, 2.45) is 4.99 Å². The van der Waals surface area contributed by atoms with E-state index in [9.17, 15) is 13.2 Å². The molecular weight excluding hydrogens is 446 g/mol. The molecule has 136 valence electrons. The molecular formula is C16H12BrNO6S2. The molecule has 0 aliphatic carbocycles. The highest BCUT2D eigenvalue weighted by Crippen LogP contribution is 2.38. The number of cyclic esters (lactones) is 1. The van der Waals surface area contributed by atoms with Crippen LogP contribution in [0, 0.1) is 0 Å². The minimum Gasteiger partial charge on any atom is -0.493 e. The van der Waals surface area contributed by atoms with Crippen molar-refractivity contribution in [3.05, 3.63) is 50.3 Å². The molecule has 1 aliphatic heterocycles. The third-order valence-corrected chi connectivity index (χ3v) is 5.06. The van der Waals surface area contributed by atoms with Crippen molar-refractivity contribution in [3.8, 4) is 11.5 Å². The van der Waals surface area contributed by atoms with E-state index < -0.39 is 16.1 Å². The minimum absolute atomic E-state index is 0.0222. The van der Waals surface area contributed by atoms with E-state index in [4.69, 9.17) is 13.7 Å². The number of halogens is 1. The molecule has 0 radical (unpaired) electrons. The summed E-state index contributed by atoms with van der Waals surface area (Å²) in [5.74, 6) is -0.112. The molecule has 0 atom stereocenters. The van der Waals surface area contributed by atoms with Gasteiger partial charge in [0.2, 0.25) is 5.90 Å². The zero-order valence-electron chi connectivity index (χ0n) is 13.6. The molecule has 26 heavy (non-hydrogen) atoms. The topological polar surface area (TPSA) is 91.3 Å². The van der Waals surface area contributed by atoms with E-state index in [1.54, 1.807) is 12.1 Å². The number of esters is 1. The van der Waals surface area contributed by atoms with Crippen LogP contribution < -0.4 is 8.92 Å². The van der Waals surface area contributed by atoms with Gasteiger partial charge in [0, 0.05) is 0 Å². The van der Waals surface area contributed by atoms with Crippen LogP contribution in [0.25, 0.3) is 6.08 Å². The summed E-state index contributed by atoms with van der Waals surface area (Å²) in [6.07, 6.45) is 2.45. The van der Waals surface area contributed by atoms with Crippen molar-refractivity contribution in [3.63, 3.8) is 0 Å². The van der Waals surface area contributed by atoms with Gasteiger partial charge in [-0.15, -0.1) is 11.3 Å². The molecule has 0 saturated heterocycles. The number of benzene rings is 1. The van der Waals surface area contributed by atoms with Crippen LogP contribution in [0.15, 0.2) is 44.8 Å². The first-order chi connectivity index (χ1) is 12.3. The summed E-state index contributed by atoms with van der Waals surface area (Å²) in [4.78, 5) is 17.0. The summed E-state index contributed by atoms with van der Waals surface area (Å²) < 4.78 is 38.4. The van der Waals surface area contributed by atoms with Crippen molar-refractivity contribution in [2.75, 3.05) is 13.4 Å². The highest BCUT2D eigenvalue weighted by Gasteiger charge is 2.25. The van der Waals surface area contributed by atoms with E-state index in [-0.39, 0.29) is 23.1 Å². The number of carbonyl (C=O) groups excluding carboxylic acids is 1. The van der Waals surface area contributed by atoms with E-state index in [1.165, 1.54) is 30.6 Å². The molecule has 0 saturated carbocycles. The van der Waals surface area contributed by atoms with E-state index >= 15 is 0 Å². The Hall–Kier alpha value is -2.17. The van der Waals surface area contributed by atoms with Gasteiger partial charge < -0.3 is 13.7 Å². The van der Waals surface area contributed by atoms with Crippen LogP contribution >= 0.6 is 27.3 Å². The summed E-state index contributed by atoms with van der Waals surface area (Å²) in [6.45, 7) is 0. The molecule has 1 aromatic carbocycles. The summed E-state index contributed by atoms with van der Waals surface area (Å²) in [5.41, 5.74) is 0.678. The normalized spacial score (nSPS) is 15.7. The Bertz CT molecular complexity index is 1030. The van der Waals surface area contributed by atoms with Gasteiger partial charge in [-0.2, -0.15) is 8.42 Å². The molecule has 2 heterocycles. The quantitative estimate of drug-likeness (QED) is 0.388. The van der Waals surface area contributed by atoms with Crippen LogP contribution in [-0.4, -0.2) is 33.7 Å².